The molecular formula is C23H25N3O2. The third kappa shape index (κ3) is 3.92. The number of rotatable bonds is 5. The highest BCUT2D eigenvalue weighted by Gasteiger charge is 2.19. The fourth-order valence-corrected chi connectivity index (χ4v) is 3.32. The first-order valence-electron chi connectivity index (χ1n) is 9.31. The molecule has 0 bridgehead atoms. The molecule has 3 aromatic rings. The number of hydrogen-bond donors (Lipinski definition) is 1. The maximum absolute atomic E-state index is 13.2. The van der Waals surface area contributed by atoms with Crippen LogP contribution in [0.5, 0.6) is 5.75 Å². The molecule has 2 aromatic carbocycles. The monoisotopic (exact) mass is 375 g/mol. The van der Waals surface area contributed by atoms with E-state index in [0.29, 0.717) is 29.9 Å². The van der Waals surface area contributed by atoms with Crippen LogP contribution in [0.1, 0.15) is 26.5 Å². The highest BCUT2D eigenvalue weighted by molar-refractivity contribution is 5.99. The normalized spacial score (nSPS) is 11.4. The van der Waals surface area contributed by atoms with E-state index >= 15 is 0 Å². The highest BCUT2D eigenvalue weighted by Crippen LogP contribution is 2.32. The Bertz CT molecular complexity index is 1090. The van der Waals surface area contributed by atoms with E-state index in [-0.39, 0.29) is 11.1 Å². The van der Waals surface area contributed by atoms with Crippen LogP contribution in [0.15, 0.2) is 53.3 Å². The summed E-state index contributed by atoms with van der Waals surface area (Å²) in [6.07, 6.45) is 0. The first-order valence-corrected chi connectivity index (χ1v) is 9.31. The Balaban J connectivity index is 2.28. The molecular weight excluding hydrogens is 350 g/mol. The summed E-state index contributed by atoms with van der Waals surface area (Å²) < 4.78 is 6.94. The average Bonchev–Trinajstić information content (AvgIpc) is 2.68. The highest BCUT2D eigenvalue weighted by atomic mass is 16.5. The SMILES string of the molecule is COc1ccc2c(=O)n(CCNC(C)(C)C)c(C#N)c(-c3ccccc3)c2c1. The zero-order valence-electron chi connectivity index (χ0n) is 16.7. The third-order valence-corrected chi connectivity index (χ3v) is 4.64. The zero-order chi connectivity index (χ0) is 20.3. The van der Waals surface area contributed by atoms with Gasteiger partial charge in [-0.25, -0.2) is 0 Å². The van der Waals surface area contributed by atoms with E-state index in [0.717, 1.165) is 16.5 Å². The maximum atomic E-state index is 13.2. The number of benzene rings is 2. The fraction of sp³-hybridized carbons (Fsp3) is 0.304. The number of aromatic nitrogens is 1. The first kappa shape index (κ1) is 19.7. The van der Waals surface area contributed by atoms with Crippen LogP contribution in [0.4, 0.5) is 0 Å². The van der Waals surface area contributed by atoms with Crippen LogP contribution in [0, 0.1) is 11.3 Å². The Labute approximate surface area is 165 Å². The van der Waals surface area contributed by atoms with Gasteiger partial charge in [-0.05, 0) is 44.5 Å². The number of fused-ring (bicyclic) bond motifs is 1. The molecule has 3 rings (SSSR count). The van der Waals surface area contributed by atoms with Crippen LogP contribution in [-0.4, -0.2) is 23.8 Å². The van der Waals surface area contributed by atoms with Crippen molar-refractivity contribution in [3.8, 4) is 22.9 Å². The van der Waals surface area contributed by atoms with E-state index in [1.807, 2.05) is 36.4 Å². The van der Waals surface area contributed by atoms with Crippen LogP contribution in [0.2, 0.25) is 0 Å². The lowest BCUT2D eigenvalue weighted by atomic mass is 9.97. The number of methoxy groups -OCH3 is 1. The molecule has 0 saturated heterocycles. The van der Waals surface area contributed by atoms with Gasteiger partial charge in [0.05, 0.1) is 7.11 Å². The van der Waals surface area contributed by atoms with Crippen molar-refractivity contribution in [2.75, 3.05) is 13.7 Å². The minimum atomic E-state index is -0.162. The molecule has 0 saturated carbocycles. The van der Waals surface area contributed by atoms with Crippen molar-refractivity contribution < 1.29 is 4.74 Å². The van der Waals surface area contributed by atoms with Crippen LogP contribution in [0.3, 0.4) is 0 Å². The summed E-state index contributed by atoms with van der Waals surface area (Å²) in [7, 11) is 1.59. The van der Waals surface area contributed by atoms with Crippen molar-refractivity contribution >= 4 is 10.8 Å². The van der Waals surface area contributed by atoms with Crippen molar-refractivity contribution in [2.24, 2.45) is 0 Å². The molecule has 5 heteroatoms. The van der Waals surface area contributed by atoms with Gasteiger partial charge < -0.3 is 10.1 Å². The minimum absolute atomic E-state index is 0.0666. The lowest BCUT2D eigenvalue weighted by Crippen LogP contribution is -2.39. The van der Waals surface area contributed by atoms with Crippen LogP contribution in [0.25, 0.3) is 21.9 Å². The molecule has 1 aromatic heterocycles. The third-order valence-electron chi connectivity index (χ3n) is 4.64. The Morgan fingerprint density at radius 1 is 1.11 bits per heavy atom. The molecule has 0 unspecified atom stereocenters. The molecule has 0 aliphatic carbocycles. The summed E-state index contributed by atoms with van der Waals surface area (Å²) >= 11 is 0. The number of nitrogens with one attached hydrogen (secondary N) is 1. The standard InChI is InChI=1S/C23H25N3O2/c1-23(2,3)25-12-13-26-20(15-24)21(16-8-6-5-7-9-16)19-14-17(28-4)10-11-18(19)22(26)27/h5-11,14,25H,12-13H2,1-4H3. The van der Waals surface area contributed by atoms with E-state index < -0.39 is 0 Å². The predicted molar refractivity (Wildman–Crippen MR) is 113 cm³/mol. The van der Waals surface area contributed by atoms with Crippen molar-refractivity contribution in [1.82, 2.24) is 9.88 Å². The molecule has 0 aliphatic rings. The number of hydrogen-bond acceptors (Lipinski definition) is 4. The van der Waals surface area contributed by atoms with Gasteiger partial charge in [0.2, 0.25) is 0 Å². The second-order valence-electron chi connectivity index (χ2n) is 7.75. The number of nitrogens with zero attached hydrogens (tertiary/aromatic N) is 2. The van der Waals surface area contributed by atoms with Gasteiger partial charge in [0.1, 0.15) is 17.5 Å². The van der Waals surface area contributed by atoms with Crippen molar-refractivity contribution in [1.29, 1.82) is 5.26 Å². The summed E-state index contributed by atoms with van der Waals surface area (Å²) in [6, 6.07) is 17.4. The van der Waals surface area contributed by atoms with E-state index in [4.69, 9.17) is 4.74 Å². The summed E-state index contributed by atoms with van der Waals surface area (Å²) in [5.74, 6) is 0.653. The Morgan fingerprint density at radius 2 is 1.82 bits per heavy atom. The topological polar surface area (TPSA) is 67.0 Å². The maximum Gasteiger partial charge on any atom is 0.259 e. The van der Waals surface area contributed by atoms with E-state index in [1.165, 1.54) is 0 Å². The quantitative estimate of drug-likeness (QED) is 0.734. The number of ether oxygens (including phenoxy) is 1. The zero-order valence-corrected chi connectivity index (χ0v) is 16.7. The molecule has 28 heavy (non-hydrogen) atoms. The van der Waals surface area contributed by atoms with Crippen molar-refractivity contribution in [2.45, 2.75) is 32.9 Å². The van der Waals surface area contributed by atoms with E-state index in [2.05, 4.69) is 32.2 Å². The van der Waals surface area contributed by atoms with Gasteiger partial charge in [0.15, 0.2) is 0 Å². The summed E-state index contributed by atoms with van der Waals surface area (Å²) in [5.41, 5.74) is 1.79. The largest absolute Gasteiger partial charge is 0.497 e. The van der Waals surface area contributed by atoms with Gasteiger partial charge in [-0.3, -0.25) is 9.36 Å². The van der Waals surface area contributed by atoms with E-state index in [9.17, 15) is 10.1 Å². The second kappa shape index (κ2) is 7.87. The molecule has 144 valence electrons. The van der Waals surface area contributed by atoms with Gasteiger partial charge >= 0.3 is 0 Å². The van der Waals surface area contributed by atoms with Crippen LogP contribution in [-0.2, 0) is 6.54 Å². The summed E-state index contributed by atoms with van der Waals surface area (Å²) in [6.45, 7) is 7.23. The van der Waals surface area contributed by atoms with Crippen molar-refractivity contribution in [3.05, 3.63) is 64.6 Å². The molecule has 0 aliphatic heterocycles. The average molecular weight is 375 g/mol. The number of nitriles is 1. The molecule has 0 atom stereocenters. The fourth-order valence-electron chi connectivity index (χ4n) is 3.32. The molecule has 5 nitrogen and oxygen atoms in total. The van der Waals surface area contributed by atoms with Gasteiger partial charge in [0.25, 0.3) is 5.56 Å². The van der Waals surface area contributed by atoms with Crippen LogP contribution >= 0.6 is 0 Å². The van der Waals surface area contributed by atoms with Gasteiger partial charge in [-0.1, -0.05) is 30.3 Å². The van der Waals surface area contributed by atoms with Gasteiger partial charge in [-0.2, -0.15) is 5.26 Å². The Kier molecular flexibility index (Phi) is 5.53. The molecule has 1 heterocycles. The smallest absolute Gasteiger partial charge is 0.259 e. The Morgan fingerprint density at radius 3 is 2.43 bits per heavy atom. The predicted octanol–water partition coefficient (Wildman–Crippen LogP) is 3.94. The number of pyridine rings is 1. The lowest BCUT2D eigenvalue weighted by Gasteiger charge is -2.22. The van der Waals surface area contributed by atoms with E-state index in [1.54, 1.807) is 23.8 Å². The molecule has 0 spiro atoms. The molecule has 0 radical (unpaired) electrons. The lowest BCUT2D eigenvalue weighted by molar-refractivity contribution is 0.410. The van der Waals surface area contributed by atoms with Crippen LogP contribution < -0.4 is 15.6 Å². The summed E-state index contributed by atoms with van der Waals surface area (Å²) in [4.78, 5) is 13.2. The first-order chi connectivity index (χ1) is 13.4. The molecule has 0 fully saturated rings. The molecule has 1 N–H and O–H groups in total. The van der Waals surface area contributed by atoms with Gasteiger partial charge in [-0.15, -0.1) is 0 Å². The Hall–Kier alpha value is -3.10. The minimum Gasteiger partial charge on any atom is -0.497 e. The molecule has 0 amide bonds. The summed E-state index contributed by atoms with van der Waals surface area (Å²) in [5, 5.41) is 14.7. The van der Waals surface area contributed by atoms with Crippen molar-refractivity contribution in [3.63, 3.8) is 0 Å². The second-order valence-corrected chi connectivity index (χ2v) is 7.75. The van der Waals surface area contributed by atoms with Gasteiger partial charge in [0, 0.05) is 35.0 Å².